The van der Waals surface area contributed by atoms with Crippen molar-refractivity contribution >= 4 is 5.78 Å². The first-order valence-corrected chi connectivity index (χ1v) is 6.70. The van der Waals surface area contributed by atoms with Gasteiger partial charge in [0.25, 0.3) is 0 Å². The van der Waals surface area contributed by atoms with E-state index >= 15 is 0 Å². The number of carbonyl (C=O) groups excluding carboxylic acids is 1. The number of halogens is 1. The Kier molecular flexibility index (Phi) is 3.66. The molecule has 0 radical (unpaired) electrons. The van der Waals surface area contributed by atoms with E-state index in [0.717, 1.165) is 29.5 Å². The Hall–Kier alpha value is -3.01. The third-order valence-corrected chi connectivity index (χ3v) is 3.30. The average molecular weight is 293 g/mol. The lowest BCUT2D eigenvalue weighted by Crippen LogP contribution is -2.03. The molecule has 0 unspecified atom stereocenters. The smallest absolute Gasteiger partial charge is 0.198 e. The quantitative estimate of drug-likeness (QED) is 0.747. The minimum Gasteiger partial charge on any atom is -0.507 e. The summed E-state index contributed by atoms with van der Waals surface area (Å²) in [4.78, 5) is 16.6. The number of carbonyl (C=O) groups is 1. The van der Waals surface area contributed by atoms with Crippen LogP contribution in [0.5, 0.6) is 5.75 Å². The normalized spacial score (nSPS) is 10.4. The lowest BCUT2D eigenvalue weighted by molar-refractivity contribution is 0.103. The van der Waals surface area contributed by atoms with E-state index in [0.29, 0.717) is 5.56 Å². The first-order chi connectivity index (χ1) is 10.6. The van der Waals surface area contributed by atoms with Gasteiger partial charge in [0, 0.05) is 17.3 Å². The van der Waals surface area contributed by atoms with Crippen LogP contribution < -0.4 is 0 Å². The predicted molar refractivity (Wildman–Crippen MR) is 81.2 cm³/mol. The van der Waals surface area contributed by atoms with Crippen LogP contribution in [0.2, 0.25) is 0 Å². The van der Waals surface area contributed by atoms with Crippen LogP contribution in [0.15, 0.2) is 66.9 Å². The molecule has 0 amide bonds. The highest BCUT2D eigenvalue weighted by Gasteiger charge is 2.15. The molecule has 0 atom stereocenters. The standard InChI is InChI=1S/C18H12FNO2/c19-14-7-9-17(21)15(10-14)18(22)13-6-8-16(20-11-13)12-4-2-1-3-5-12/h1-11,21H. The number of pyridine rings is 1. The van der Waals surface area contributed by atoms with Gasteiger partial charge in [-0.2, -0.15) is 0 Å². The third kappa shape index (κ3) is 2.72. The van der Waals surface area contributed by atoms with Gasteiger partial charge in [0.05, 0.1) is 11.3 Å². The second-order valence-electron chi connectivity index (χ2n) is 4.79. The molecular weight excluding hydrogens is 281 g/mol. The lowest BCUT2D eigenvalue weighted by atomic mass is 10.0. The Morgan fingerprint density at radius 1 is 1.00 bits per heavy atom. The molecule has 2 aromatic carbocycles. The maximum atomic E-state index is 13.2. The Morgan fingerprint density at radius 2 is 1.77 bits per heavy atom. The number of rotatable bonds is 3. The van der Waals surface area contributed by atoms with Gasteiger partial charge < -0.3 is 5.11 Å². The molecule has 0 bridgehead atoms. The molecule has 3 nitrogen and oxygen atoms in total. The summed E-state index contributed by atoms with van der Waals surface area (Å²) in [6.07, 6.45) is 1.43. The summed E-state index contributed by atoms with van der Waals surface area (Å²) >= 11 is 0. The summed E-state index contributed by atoms with van der Waals surface area (Å²) in [6.45, 7) is 0. The summed E-state index contributed by atoms with van der Waals surface area (Å²) in [5.74, 6) is -1.29. The highest BCUT2D eigenvalue weighted by molar-refractivity contribution is 6.10. The molecule has 1 aromatic heterocycles. The summed E-state index contributed by atoms with van der Waals surface area (Å²) in [6, 6.07) is 16.2. The van der Waals surface area contributed by atoms with Gasteiger partial charge in [0.1, 0.15) is 11.6 Å². The maximum Gasteiger partial charge on any atom is 0.198 e. The van der Waals surface area contributed by atoms with Crippen LogP contribution in [0.4, 0.5) is 4.39 Å². The number of phenolic OH excluding ortho intramolecular Hbond substituents is 1. The van der Waals surface area contributed by atoms with Crippen LogP contribution in [0.1, 0.15) is 15.9 Å². The number of phenols is 1. The van der Waals surface area contributed by atoms with Crippen LogP contribution in [-0.2, 0) is 0 Å². The number of nitrogens with zero attached hydrogens (tertiary/aromatic N) is 1. The Balaban J connectivity index is 1.93. The monoisotopic (exact) mass is 293 g/mol. The molecule has 0 saturated carbocycles. The zero-order valence-corrected chi connectivity index (χ0v) is 11.5. The zero-order valence-electron chi connectivity index (χ0n) is 11.5. The fourth-order valence-corrected chi connectivity index (χ4v) is 2.15. The van der Waals surface area contributed by atoms with Crippen LogP contribution >= 0.6 is 0 Å². The van der Waals surface area contributed by atoms with Gasteiger partial charge in [-0.1, -0.05) is 30.3 Å². The van der Waals surface area contributed by atoms with Crippen molar-refractivity contribution in [1.29, 1.82) is 0 Å². The SMILES string of the molecule is O=C(c1ccc(-c2ccccc2)nc1)c1cc(F)ccc1O. The Labute approximate surface area is 126 Å². The molecule has 108 valence electrons. The number of hydrogen-bond donors (Lipinski definition) is 1. The molecule has 22 heavy (non-hydrogen) atoms. The van der Waals surface area contributed by atoms with E-state index < -0.39 is 11.6 Å². The van der Waals surface area contributed by atoms with Gasteiger partial charge in [-0.05, 0) is 30.3 Å². The van der Waals surface area contributed by atoms with Gasteiger partial charge in [0.2, 0.25) is 0 Å². The van der Waals surface area contributed by atoms with E-state index in [1.165, 1.54) is 6.20 Å². The summed E-state index contributed by atoms with van der Waals surface area (Å²) in [5.41, 5.74) is 1.89. The number of hydrogen-bond acceptors (Lipinski definition) is 3. The van der Waals surface area contributed by atoms with E-state index in [9.17, 15) is 14.3 Å². The van der Waals surface area contributed by atoms with Crippen molar-refractivity contribution in [2.45, 2.75) is 0 Å². The van der Waals surface area contributed by atoms with Crippen molar-refractivity contribution < 1.29 is 14.3 Å². The number of aromatic hydroxyl groups is 1. The van der Waals surface area contributed by atoms with Gasteiger partial charge in [0.15, 0.2) is 5.78 Å². The van der Waals surface area contributed by atoms with E-state index in [-0.39, 0.29) is 11.3 Å². The van der Waals surface area contributed by atoms with Crippen molar-refractivity contribution in [2.75, 3.05) is 0 Å². The first kappa shape index (κ1) is 13.9. The Bertz CT molecular complexity index is 814. The van der Waals surface area contributed by atoms with E-state index in [1.54, 1.807) is 12.1 Å². The highest BCUT2D eigenvalue weighted by atomic mass is 19.1. The van der Waals surface area contributed by atoms with Crippen LogP contribution in [-0.4, -0.2) is 15.9 Å². The lowest BCUT2D eigenvalue weighted by Gasteiger charge is -2.05. The van der Waals surface area contributed by atoms with Crippen LogP contribution in [0.3, 0.4) is 0 Å². The molecule has 0 spiro atoms. The summed E-state index contributed by atoms with van der Waals surface area (Å²) in [7, 11) is 0. The second-order valence-corrected chi connectivity index (χ2v) is 4.79. The van der Waals surface area contributed by atoms with E-state index in [1.807, 2.05) is 30.3 Å². The van der Waals surface area contributed by atoms with Crippen molar-refractivity contribution in [3.8, 4) is 17.0 Å². The molecular formula is C18H12FNO2. The maximum absolute atomic E-state index is 13.2. The first-order valence-electron chi connectivity index (χ1n) is 6.70. The highest BCUT2D eigenvalue weighted by Crippen LogP contribution is 2.22. The van der Waals surface area contributed by atoms with E-state index in [2.05, 4.69) is 4.98 Å². The molecule has 1 N–H and O–H groups in total. The van der Waals surface area contributed by atoms with Gasteiger partial charge in [-0.25, -0.2) is 4.39 Å². The predicted octanol–water partition coefficient (Wildman–Crippen LogP) is 3.82. The molecule has 3 aromatic rings. The Morgan fingerprint density at radius 3 is 2.45 bits per heavy atom. The fraction of sp³-hybridized carbons (Fsp3) is 0. The summed E-state index contributed by atoms with van der Waals surface area (Å²) < 4.78 is 13.2. The van der Waals surface area contributed by atoms with Crippen LogP contribution in [0.25, 0.3) is 11.3 Å². The van der Waals surface area contributed by atoms with Gasteiger partial charge in [-0.15, -0.1) is 0 Å². The largest absolute Gasteiger partial charge is 0.507 e. The van der Waals surface area contributed by atoms with Gasteiger partial charge in [-0.3, -0.25) is 9.78 Å². The zero-order chi connectivity index (χ0) is 15.5. The van der Waals surface area contributed by atoms with Crippen LogP contribution in [0, 0.1) is 5.82 Å². The van der Waals surface area contributed by atoms with Crippen molar-refractivity contribution in [1.82, 2.24) is 4.98 Å². The fourth-order valence-electron chi connectivity index (χ4n) is 2.15. The molecule has 3 rings (SSSR count). The van der Waals surface area contributed by atoms with Crippen molar-refractivity contribution in [3.05, 3.63) is 83.8 Å². The molecule has 1 heterocycles. The molecule has 0 aliphatic heterocycles. The minimum atomic E-state index is -0.574. The molecule has 0 saturated heterocycles. The second kappa shape index (κ2) is 5.77. The minimum absolute atomic E-state index is 0.0748. The third-order valence-electron chi connectivity index (χ3n) is 3.30. The molecule has 0 aliphatic carbocycles. The van der Waals surface area contributed by atoms with Crippen molar-refractivity contribution in [2.24, 2.45) is 0 Å². The topological polar surface area (TPSA) is 50.2 Å². The van der Waals surface area contributed by atoms with Crippen molar-refractivity contribution in [3.63, 3.8) is 0 Å². The number of benzene rings is 2. The average Bonchev–Trinajstić information content (AvgIpc) is 2.57. The number of ketones is 1. The van der Waals surface area contributed by atoms with E-state index in [4.69, 9.17) is 0 Å². The molecule has 0 aliphatic rings. The summed E-state index contributed by atoms with van der Waals surface area (Å²) in [5, 5.41) is 9.69. The van der Waals surface area contributed by atoms with Gasteiger partial charge >= 0.3 is 0 Å². The molecule has 4 heteroatoms. The molecule has 0 fully saturated rings. The number of aromatic nitrogens is 1.